The second-order valence-corrected chi connectivity index (χ2v) is 8.05. The number of nitrogens with one attached hydrogen (secondary N) is 2. The average Bonchev–Trinajstić information content (AvgIpc) is 3.34. The number of hydrogen-bond acceptors (Lipinski definition) is 2. The van der Waals surface area contributed by atoms with Crippen molar-refractivity contribution in [3.8, 4) is 0 Å². The van der Waals surface area contributed by atoms with Crippen LogP contribution >= 0.6 is 12.4 Å². The summed E-state index contributed by atoms with van der Waals surface area (Å²) in [5, 5.41) is 6.61. The zero-order chi connectivity index (χ0) is 16.4. The molecule has 24 heavy (non-hydrogen) atoms. The third-order valence-electron chi connectivity index (χ3n) is 5.66. The van der Waals surface area contributed by atoms with Gasteiger partial charge in [0.2, 0.25) is 5.91 Å². The monoisotopic (exact) mass is 350 g/mol. The zero-order valence-corrected chi connectivity index (χ0v) is 15.9. The fourth-order valence-corrected chi connectivity index (χ4v) is 3.62. The molecule has 1 aromatic carbocycles. The Labute approximate surface area is 152 Å². The van der Waals surface area contributed by atoms with Gasteiger partial charge in [-0.3, -0.25) is 4.79 Å². The molecule has 134 valence electrons. The second-order valence-electron chi connectivity index (χ2n) is 8.05. The Morgan fingerprint density at radius 1 is 1.25 bits per heavy atom. The molecule has 2 N–H and O–H groups in total. The number of hydrogen-bond donors (Lipinski definition) is 2. The third-order valence-corrected chi connectivity index (χ3v) is 5.66. The van der Waals surface area contributed by atoms with Gasteiger partial charge in [0.1, 0.15) is 0 Å². The fourth-order valence-electron chi connectivity index (χ4n) is 3.62. The van der Waals surface area contributed by atoms with Gasteiger partial charge in [-0.05, 0) is 60.7 Å². The summed E-state index contributed by atoms with van der Waals surface area (Å²) in [5.41, 5.74) is 2.96. The van der Waals surface area contributed by atoms with E-state index in [1.165, 1.54) is 11.1 Å². The summed E-state index contributed by atoms with van der Waals surface area (Å²) in [4.78, 5) is 12.4. The lowest BCUT2D eigenvalue weighted by atomic mass is 9.81. The van der Waals surface area contributed by atoms with Gasteiger partial charge in [-0.1, -0.05) is 45.0 Å². The number of halogens is 1. The van der Waals surface area contributed by atoms with Gasteiger partial charge >= 0.3 is 0 Å². The first-order chi connectivity index (χ1) is 11.0. The first-order valence-corrected chi connectivity index (χ1v) is 9.07. The lowest BCUT2D eigenvalue weighted by Gasteiger charge is -2.34. The van der Waals surface area contributed by atoms with E-state index in [9.17, 15) is 4.79 Å². The molecule has 3 rings (SSSR count). The quantitative estimate of drug-likeness (QED) is 0.847. The van der Waals surface area contributed by atoms with E-state index >= 15 is 0 Å². The van der Waals surface area contributed by atoms with Gasteiger partial charge in [0.25, 0.3) is 0 Å². The predicted octanol–water partition coefficient (Wildman–Crippen LogP) is 3.84. The van der Waals surface area contributed by atoms with E-state index in [2.05, 4.69) is 55.7 Å². The van der Waals surface area contributed by atoms with Crippen LogP contribution in [0.2, 0.25) is 0 Å². The standard InChI is InChI=1S/C20H30N2O.ClH/c1-14(2)15-4-6-16(7-5-15)17-12-18(17)19(23)22-13-20(3)8-10-21-11-9-20;/h4-7,14,17-18,21H,8-13H2,1-3H3,(H,22,23);1H. The molecule has 1 amide bonds. The van der Waals surface area contributed by atoms with Crippen LogP contribution in [0.4, 0.5) is 0 Å². The molecule has 0 radical (unpaired) electrons. The summed E-state index contributed by atoms with van der Waals surface area (Å²) in [6, 6.07) is 8.84. The molecule has 0 aromatic heterocycles. The van der Waals surface area contributed by atoms with Crippen LogP contribution in [0.1, 0.15) is 63.0 Å². The summed E-state index contributed by atoms with van der Waals surface area (Å²) in [5.74, 6) is 1.43. The van der Waals surface area contributed by atoms with E-state index in [0.29, 0.717) is 11.8 Å². The van der Waals surface area contributed by atoms with E-state index in [4.69, 9.17) is 0 Å². The van der Waals surface area contributed by atoms with E-state index in [1.54, 1.807) is 0 Å². The predicted molar refractivity (Wildman–Crippen MR) is 102 cm³/mol. The Morgan fingerprint density at radius 2 is 1.88 bits per heavy atom. The van der Waals surface area contributed by atoms with Crippen LogP contribution in [0.5, 0.6) is 0 Å². The number of carbonyl (C=O) groups is 1. The van der Waals surface area contributed by atoms with Crippen LogP contribution < -0.4 is 10.6 Å². The summed E-state index contributed by atoms with van der Waals surface area (Å²) >= 11 is 0. The van der Waals surface area contributed by atoms with E-state index < -0.39 is 0 Å². The lowest BCUT2D eigenvalue weighted by Crippen LogP contribution is -2.43. The van der Waals surface area contributed by atoms with Crippen molar-refractivity contribution in [2.45, 2.75) is 51.9 Å². The molecule has 3 nitrogen and oxygen atoms in total. The molecular formula is C20H31ClN2O. The molecular weight excluding hydrogens is 320 g/mol. The Bertz CT molecular complexity index is 549. The van der Waals surface area contributed by atoms with Crippen molar-refractivity contribution in [2.24, 2.45) is 11.3 Å². The molecule has 2 atom stereocenters. The highest BCUT2D eigenvalue weighted by Crippen LogP contribution is 2.47. The van der Waals surface area contributed by atoms with Gasteiger partial charge in [0.05, 0.1) is 0 Å². The van der Waals surface area contributed by atoms with E-state index in [0.717, 1.165) is 38.9 Å². The van der Waals surface area contributed by atoms with Crippen molar-refractivity contribution in [3.05, 3.63) is 35.4 Å². The molecule has 0 bridgehead atoms. The molecule has 1 heterocycles. The van der Waals surface area contributed by atoms with Gasteiger partial charge in [0, 0.05) is 12.5 Å². The molecule has 1 aliphatic heterocycles. The summed E-state index contributed by atoms with van der Waals surface area (Å²) in [6.45, 7) is 9.68. The Hall–Kier alpha value is -1.06. The van der Waals surface area contributed by atoms with Crippen LogP contribution in [0, 0.1) is 11.3 Å². The molecule has 1 saturated heterocycles. The molecule has 0 spiro atoms. The SMILES string of the molecule is CC(C)c1ccc(C2CC2C(=O)NCC2(C)CCNCC2)cc1.Cl. The zero-order valence-electron chi connectivity index (χ0n) is 15.1. The molecule has 2 unspecified atom stereocenters. The van der Waals surface area contributed by atoms with Crippen molar-refractivity contribution in [3.63, 3.8) is 0 Å². The van der Waals surface area contributed by atoms with Gasteiger partial charge in [-0.25, -0.2) is 0 Å². The minimum Gasteiger partial charge on any atom is -0.355 e. The molecule has 2 aliphatic rings. The number of benzene rings is 1. The largest absolute Gasteiger partial charge is 0.355 e. The van der Waals surface area contributed by atoms with Crippen LogP contribution in [-0.2, 0) is 4.79 Å². The number of rotatable bonds is 5. The van der Waals surface area contributed by atoms with Gasteiger partial charge < -0.3 is 10.6 Å². The topological polar surface area (TPSA) is 41.1 Å². The Morgan fingerprint density at radius 3 is 2.46 bits per heavy atom. The van der Waals surface area contributed by atoms with E-state index in [-0.39, 0.29) is 29.6 Å². The molecule has 1 aliphatic carbocycles. The molecule has 4 heteroatoms. The van der Waals surface area contributed by atoms with E-state index in [1.807, 2.05) is 0 Å². The van der Waals surface area contributed by atoms with Gasteiger partial charge in [-0.15, -0.1) is 12.4 Å². The second kappa shape index (κ2) is 7.88. The molecule has 2 fully saturated rings. The van der Waals surface area contributed by atoms with Gasteiger partial charge in [-0.2, -0.15) is 0 Å². The fraction of sp³-hybridized carbons (Fsp3) is 0.650. The van der Waals surface area contributed by atoms with Crippen LogP contribution in [0.3, 0.4) is 0 Å². The van der Waals surface area contributed by atoms with Crippen LogP contribution in [0.15, 0.2) is 24.3 Å². The highest BCUT2D eigenvalue weighted by Gasteiger charge is 2.44. The van der Waals surface area contributed by atoms with Crippen molar-refractivity contribution < 1.29 is 4.79 Å². The maximum absolute atomic E-state index is 12.4. The number of piperidine rings is 1. The highest BCUT2D eigenvalue weighted by molar-refractivity contribution is 5.85. The summed E-state index contributed by atoms with van der Waals surface area (Å²) in [6.07, 6.45) is 3.31. The smallest absolute Gasteiger partial charge is 0.223 e. The summed E-state index contributed by atoms with van der Waals surface area (Å²) < 4.78 is 0. The first-order valence-electron chi connectivity index (χ1n) is 9.07. The van der Waals surface area contributed by atoms with Crippen LogP contribution in [0.25, 0.3) is 0 Å². The average molecular weight is 351 g/mol. The highest BCUT2D eigenvalue weighted by atomic mass is 35.5. The third kappa shape index (κ3) is 4.52. The molecule has 1 aromatic rings. The minimum absolute atomic E-state index is 0. The van der Waals surface area contributed by atoms with Gasteiger partial charge in [0.15, 0.2) is 0 Å². The Balaban J connectivity index is 0.00000208. The maximum Gasteiger partial charge on any atom is 0.223 e. The first kappa shape index (κ1) is 19.3. The Kier molecular flexibility index (Phi) is 6.33. The van der Waals surface area contributed by atoms with Crippen LogP contribution in [-0.4, -0.2) is 25.5 Å². The van der Waals surface area contributed by atoms with Crippen molar-refractivity contribution in [1.29, 1.82) is 0 Å². The minimum atomic E-state index is 0. The number of amides is 1. The molecule has 1 saturated carbocycles. The summed E-state index contributed by atoms with van der Waals surface area (Å²) in [7, 11) is 0. The number of carbonyl (C=O) groups excluding carboxylic acids is 1. The normalized spacial score (nSPS) is 25.0. The maximum atomic E-state index is 12.4. The van der Waals surface area contributed by atoms with Crippen molar-refractivity contribution in [1.82, 2.24) is 10.6 Å². The lowest BCUT2D eigenvalue weighted by molar-refractivity contribution is -0.123. The van der Waals surface area contributed by atoms with Crippen molar-refractivity contribution >= 4 is 18.3 Å². The van der Waals surface area contributed by atoms with Crippen molar-refractivity contribution in [2.75, 3.05) is 19.6 Å².